The number of carbonyl (C=O) groups is 2. The van der Waals surface area contributed by atoms with Gasteiger partial charge in [-0.15, -0.1) is 5.10 Å². The molecule has 1 aromatic heterocycles. The van der Waals surface area contributed by atoms with Crippen LogP contribution in [0.25, 0.3) is 5.69 Å². The van der Waals surface area contributed by atoms with Crippen molar-refractivity contribution >= 4 is 11.9 Å². The molecular formula is C21H20N4O3. The Labute approximate surface area is 162 Å². The molecule has 3 aromatic rings. The van der Waals surface area contributed by atoms with E-state index in [9.17, 15) is 9.59 Å². The Balaban J connectivity index is 1.57. The van der Waals surface area contributed by atoms with Gasteiger partial charge in [-0.25, -0.2) is 4.79 Å². The van der Waals surface area contributed by atoms with Gasteiger partial charge < -0.3 is 10.1 Å². The van der Waals surface area contributed by atoms with Gasteiger partial charge in [0.15, 0.2) is 5.69 Å². The fraction of sp³-hybridized carbons (Fsp3) is 0.238. The zero-order valence-corrected chi connectivity index (χ0v) is 15.4. The molecule has 0 aliphatic heterocycles. The number of aryl methyl sites for hydroxylation is 1. The van der Waals surface area contributed by atoms with Gasteiger partial charge in [-0.2, -0.15) is 9.90 Å². The van der Waals surface area contributed by atoms with Gasteiger partial charge >= 0.3 is 5.97 Å². The predicted molar refractivity (Wildman–Crippen MR) is 102 cm³/mol. The lowest BCUT2D eigenvalue weighted by atomic mass is 10.1. The highest BCUT2D eigenvalue weighted by Gasteiger charge is 2.32. The quantitative estimate of drug-likeness (QED) is 0.669. The molecule has 28 heavy (non-hydrogen) atoms. The summed E-state index contributed by atoms with van der Waals surface area (Å²) in [6, 6.07) is 18.4. The van der Waals surface area contributed by atoms with E-state index in [1.165, 1.54) is 4.80 Å². The molecule has 142 valence electrons. The van der Waals surface area contributed by atoms with Crippen LogP contribution in [0.3, 0.4) is 0 Å². The molecule has 7 nitrogen and oxygen atoms in total. The monoisotopic (exact) mass is 376 g/mol. The summed E-state index contributed by atoms with van der Waals surface area (Å²) in [6.07, 6.45) is 0.868. The van der Waals surface area contributed by atoms with E-state index in [2.05, 4.69) is 15.5 Å². The number of rotatable bonds is 6. The molecule has 0 radical (unpaired) electrons. The van der Waals surface area contributed by atoms with Crippen molar-refractivity contribution in [1.82, 2.24) is 20.3 Å². The van der Waals surface area contributed by atoms with Crippen LogP contribution >= 0.6 is 0 Å². The van der Waals surface area contributed by atoms with Crippen molar-refractivity contribution in [1.29, 1.82) is 0 Å². The molecule has 1 amide bonds. The zero-order chi connectivity index (χ0) is 19.5. The summed E-state index contributed by atoms with van der Waals surface area (Å²) >= 11 is 0. The molecule has 7 heteroatoms. The molecule has 1 N–H and O–H groups in total. The van der Waals surface area contributed by atoms with Gasteiger partial charge in [-0.1, -0.05) is 48.5 Å². The summed E-state index contributed by atoms with van der Waals surface area (Å²) in [5.41, 5.74) is 1.87. The summed E-state index contributed by atoms with van der Waals surface area (Å²) < 4.78 is 5.58. The summed E-state index contributed by atoms with van der Waals surface area (Å²) in [5, 5.41) is 11.4. The molecule has 1 aliphatic carbocycles. The van der Waals surface area contributed by atoms with Crippen LogP contribution in [0.2, 0.25) is 0 Å². The van der Waals surface area contributed by atoms with E-state index in [4.69, 9.17) is 4.74 Å². The van der Waals surface area contributed by atoms with Crippen molar-refractivity contribution in [2.24, 2.45) is 0 Å². The number of nitrogens with one attached hydrogen (secondary N) is 1. The second-order valence-corrected chi connectivity index (χ2v) is 6.74. The first-order valence-corrected chi connectivity index (χ1v) is 9.17. The third-order valence-corrected chi connectivity index (χ3v) is 4.45. The number of benzene rings is 2. The number of nitrogens with zero attached hydrogens (tertiary/aromatic N) is 3. The molecule has 0 unspecified atom stereocenters. The van der Waals surface area contributed by atoms with Gasteiger partial charge in [0.2, 0.25) is 6.10 Å². The average molecular weight is 376 g/mol. The fourth-order valence-corrected chi connectivity index (χ4v) is 2.81. The first-order chi connectivity index (χ1) is 13.6. The molecule has 0 bridgehead atoms. The van der Waals surface area contributed by atoms with Crippen molar-refractivity contribution < 1.29 is 14.3 Å². The van der Waals surface area contributed by atoms with Crippen LogP contribution in [-0.2, 0) is 9.53 Å². The highest BCUT2D eigenvalue weighted by molar-refractivity contribution is 5.92. The third kappa shape index (κ3) is 3.93. The van der Waals surface area contributed by atoms with Crippen molar-refractivity contribution in [3.63, 3.8) is 0 Å². The van der Waals surface area contributed by atoms with Gasteiger partial charge in [-0.05, 0) is 31.9 Å². The fourth-order valence-electron chi connectivity index (χ4n) is 2.81. The van der Waals surface area contributed by atoms with E-state index in [-0.39, 0.29) is 17.6 Å². The Kier molecular flexibility index (Phi) is 4.89. The topological polar surface area (TPSA) is 86.1 Å². The van der Waals surface area contributed by atoms with E-state index in [0.717, 1.165) is 18.5 Å². The highest BCUT2D eigenvalue weighted by Crippen LogP contribution is 2.24. The first kappa shape index (κ1) is 17.9. The van der Waals surface area contributed by atoms with E-state index in [0.29, 0.717) is 11.3 Å². The minimum absolute atomic E-state index is 0.0870. The van der Waals surface area contributed by atoms with Gasteiger partial charge in [0.05, 0.1) is 11.4 Å². The molecule has 1 heterocycles. The van der Waals surface area contributed by atoms with Crippen LogP contribution in [0.5, 0.6) is 0 Å². The molecule has 0 saturated heterocycles. The number of carbonyl (C=O) groups excluding carboxylic acids is 2. The largest absolute Gasteiger partial charge is 0.442 e. The Hall–Kier alpha value is -3.48. The number of ether oxygens (including phenoxy) is 1. The van der Waals surface area contributed by atoms with Gasteiger partial charge in [0.25, 0.3) is 5.91 Å². The number of amides is 1. The molecule has 1 aliphatic rings. The summed E-state index contributed by atoms with van der Waals surface area (Å²) in [4.78, 5) is 26.8. The second-order valence-electron chi connectivity index (χ2n) is 6.74. The average Bonchev–Trinajstić information content (AvgIpc) is 3.45. The number of para-hydroxylation sites is 1. The second kappa shape index (κ2) is 7.64. The molecule has 1 atom stereocenters. The third-order valence-electron chi connectivity index (χ3n) is 4.45. The molecule has 0 spiro atoms. The maximum Gasteiger partial charge on any atom is 0.361 e. The molecule has 2 aromatic carbocycles. The van der Waals surface area contributed by atoms with Crippen molar-refractivity contribution in [2.75, 3.05) is 0 Å². The standard InChI is InChI=1S/C21H20N4O3/c1-14-18(24-25(23-14)17-10-6-3-7-11-17)21(27)28-19(15-8-4-2-5-9-15)20(26)22-16-12-13-16/h2-11,16,19H,12-13H2,1H3,(H,22,26)/t19-/m1/s1. The van der Waals surface area contributed by atoms with E-state index in [1.54, 1.807) is 31.2 Å². The number of hydrogen-bond donors (Lipinski definition) is 1. The lowest BCUT2D eigenvalue weighted by molar-refractivity contribution is -0.130. The minimum Gasteiger partial charge on any atom is -0.442 e. The first-order valence-electron chi connectivity index (χ1n) is 9.17. The number of esters is 1. The smallest absolute Gasteiger partial charge is 0.361 e. The molecule has 4 rings (SSSR count). The number of hydrogen-bond acceptors (Lipinski definition) is 5. The SMILES string of the molecule is Cc1nn(-c2ccccc2)nc1C(=O)O[C@@H](C(=O)NC1CC1)c1ccccc1. The van der Waals surface area contributed by atoms with Crippen molar-refractivity contribution in [2.45, 2.75) is 31.9 Å². The van der Waals surface area contributed by atoms with Gasteiger partial charge in [0.1, 0.15) is 0 Å². The Morgan fingerprint density at radius 2 is 1.68 bits per heavy atom. The maximum absolute atomic E-state index is 12.8. The summed E-state index contributed by atoms with van der Waals surface area (Å²) in [5.74, 6) is -1.00. The van der Waals surface area contributed by atoms with Crippen molar-refractivity contribution in [3.05, 3.63) is 77.6 Å². The highest BCUT2D eigenvalue weighted by atomic mass is 16.5. The Bertz CT molecular complexity index is 981. The predicted octanol–water partition coefficient (Wildman–Crippen LogP) is 2.75. The maximum atomic E-state index is 12.8. The van der Waals surface area contributed by atoms with E-state index < -0.39 is 12.1 Å². The Morgan fingerprint density at radius 3 is 2.32 bits per heavy atom. The molecular weight excluding hydrogens is 356 g/mol. The van der Waals surface area contributed by atoms with E-state index in [1.807, 2.05) is 36.4 Å². The number of aromatic nitrogens is 3. The summed E-state index contributed by atoms with van der Waals surface area (Å²) in [6.45, 7) is 1.69. The zero-order valence-electron chi connectivity index (χ0n) is 15.4. The van der Waals surface area contributed by atoms with Crippen LogP contribution in [-0.4, -0.2) is 32.9 Å². The van der Waals surface area contributed by atoms with E-state index >= 15 is 0 Å². The molecule has 1 saturated carbocycles. The lowest BCUT2D eigenvalue weighted by Gasteiger charge is -2.17. The van der Waals surface area contributed by atoms with Crippen LogP contribution in [0.1, 0.15) is 40.7 Å². The minimum atomic E-state index is -1.03. The van der Waals surface area contributed by atoms with Crippen LogP contribution in [0.15, 0.2) is 60.7 Å². The van der Waals surface area contributed by atoms with Crippen LogP contribution < -0.4 is 5.32 Å². The Morgan fingerprint density at radius 1 is 1.04 bits per heavy atom. The lowest BCUT2D eigenvalue weighted by Crippen LogP contribution is -2.33. The normalized spacial score (nSPS) is 14.3. The van der Waals surface area contributed by atoms with Gasteiger partial charge in [0, 0.05) is 11.6 Å². The van der Waals surface area contributed by atoms with Crippen molar-refractivity contribution in [3.8, 4) is 5.69 Å². The van der Waals surface area contributed by atoms with Gasteiger partial charge in [-0.3, -0.25) is 4.79 Å². The summed E-state index contributed by atoms with van der Waals surface area (Å²) in [7, 11) is 0. The van der Waals surface area contributed by atoms with Crippen LogP contribution in [0, 0.1) is 6.92 Å². The molecule has 1 fully saturated rings. The van der Waals surface area contributed by atoms with Crippen LogP contribution in [0.4, 0.5) is 0 Å².